The van der Waals surface area contributed by atoms with Crippen LogP contribution in [-0.4, -0.2) is 108 Å². The van der Waals surface area contributed by atoms with E-state index < -0.39 is 65.8 Å². The van der Waals surface area contributed by atoms with Gasteiger partial charge < -0.3 is 30.1 Å². The fraction of sp³-hybridized carbons (Fsp3) is 0.733. The SMILES string of the molecule is C=CC[C@H]1OC(=O)CCNC(=O)[C@H](C)N(C)C(=O)[C@H](C(C)C)N(C)C(=O)[C@H]([C@@H](C)CC)NC(=O)[C@@H]2[C@@H](C)CCN2C1=O. The van der Waals surface area contributed by atoms with Crippen LogP contribution < -0.4 is 10.6 Å². The standard InChI is InChI=1S/C30H49N5O7/c1-10-12-21-28(39)35-16-14-19(6)25(35)27(38)32-23(18(5)11-2)29(40)34(9)24(17(3)4)30(41)33(8)20(7)26(37)31-15-13-22(36)42-21/h10,17-21,23-25H,1,11-16H2,2-9H3,(H,31,37)(H,32,38)/t18-,19-,20-,21+,23-,24-,25-/m0/s1. The van der Waals surface area contributed by atoms with Gasteiger partial charge in [-0.2, -0.15) is 0 Å². The molecule has 2 aliphatic rings. The van der Waals surface area contributed by atoms with E-state index >= 15 is 0 Å². The van der Waals surface area contributed by atoms with Crippen molar-refractivity contribution in [2.45, 2.75) is 97.5 Å². The van der Waals surface area contributed by atoms with Crippen molar-refractivity contribution in [1.29, 1.82) is 0 Å². The monoisotopic (exact) mass is 591 g/mol. The number of carbonyl (C=O) groups is 6. The first-order valence-corrected chi connectivity index (χ1v) is 14.9. The van der Waals surface area contributed by atoms with Gasteiger partial charge in [0.15, 0.2) is 6.10 Å². The minimum absolute atomic E-state index is 0.0510. The number of nitrogens with one attached hydrogen (secondary N) is 2. The van der Waals surface area contributed by atoms with Crippen LogP contribution in [0.2, 0.25) is 0 Å². The molecule has 7 atom stereocenters. The van der Waals surface area contributed by atoms with E-state index in [9.17, 15) is 28.8 Å². The zero-order valence-corrected chi connectivity index (χ0v) is 26.3. The molecule has 2 fully saturated rings. The highest BCUT2D eigenvalue weighted by Gasteiger charge is 2.45. The molecule has 5 amide bonds. The second-order valence-corrected chi connectivity index (χ2v) is 11.9. The first-order chi connectivity index (χ1) is 19.7. The van der Waals surface area contributed by atoms with E-state index in [4.69, 9.17) is 4.74 Å². The van der Waals surface area contributed by atoms with Crippen molar-refractivity contribution in [3.63, 3.8) is 0 Å². The summed E-state index contributed by atoms with van der Waals surface area (Å²) < 4.78 is 5.49. The molecule has 0 saturated carbocycles. The third-order valence-corrected chi connectivity index (χ3v) is 8.54. The summed E-state index contributed by atoms with van der Waals surface area (Å²) in [5.41, 5.74) is 0. The maximum absolute atomic E-state index is 14.0. The fourth-order valence-corrected chi connectivity index (χ4v) is 5.53. The molecule has 12 nitrogen and oxygen atoms in total. The number of fused-ring (bicyclic) bond motifs is 1. The van der Waals surface area contributed by atoms with E-state index in [2.05, 4.69) is 17.2 Å². The van der Waals surface area contributed by atoms with Crippen LogP contribution >= 0.6 is 0 Å². The predicted molar refractivity (Wildman–Crippen MR) is 157 cm³/mol. The molecule has 2 aliphatic heterocycles. The second-order valence-electron chi connectivity index (χ2n) is 11.9. The molecule has 42 heavy (non-hydrogen) atoms. The summed E-state index contributed by atoms with van der Waals surface area (Å²) in [6.45, 7) is 14.7. The van der Waals surface area contributed by atoms with Crippen molar-refractivity contribution in [3.8, 4) is 0 Å². The minimum atomic E-state index is -1.18. The number of cyclic esters (lactones) is 1. The Balaban J connectivity index is 2.57. The smallest absolute Gasteiger partial charge is 0.308 e. The molecule has 2 rings (SSSR count). The van der Waals surface area contributed by atoms with Crippen LogP contribution in [0.1, 0.15) is 67.2 Å². The lowest BCUT2D eigenvalue weighted by Gasteiger charge is -2.38. The van der Waals surface area contributed by atoms with Crippen LogP contribution in [0, 0.1) is 17.8 Å². The Morgan fingerprint density at radius 2 is 1.62 bits per heavy atom. The molecule has 12 heteroatoms. The van der Waals surface area contributed by atoms with Gasteiger partial charge in [0, 0.05) is 33.6 Å². The minimum Gasteiger partial charge on any atom is -0.452 e. The number of ether oxygens (including phenoxy) is 1. The molecular formula is C30H49N5O7. The van der Waals surface area contributed by atoms with Crippen molar-refractivity contribution >= 4 is 35.5 Å². The normalized spacial score (nSPS) is 30.2. The zero-order chi connectivity index (χ0) is 31.9. The van der Waals surface area contributed by atoms with Crippen molar-refractivity contribution in [3.05, 3.63) is 12.7 Å². The Labute approximate surface area is 249 Å². The second kappa shape index (κ2) is 15.2. The molecule has 0 aliphatic carbocycles. The van der Waals surface area contributed by atoms with Gasteiger partial charge in [-0.1, -0.05) is 47.1 Å². The van der Waals surface area contributed by atoms with Gasteiger partial charge in [-0.25, -0.2) is 0 Å². The lowest BCUT2D eigenvalue weighted by molar-refractivity contribution is -0.161. The summed E-state index contributed by atoms with van der Waals surface area (Å²) in [5, 5.41) is 5.54. The van der Waals surface area contributed by atoms with E-state index in [0.29, 0.717) is 12.8 Å². The first-order valence-electron chi connectivity index (χ1n) is 14.9. The van der Waals surface area contributed by atoms with E-state index in [-0.39, 0.29) is 43.7 Å². The zero-order valence-electron chi connectivity index (χ0n) is 26.3. The average Bonchev–Trinajstić information content (AvgIpc) is 3.33. The molecule has 0 unspecified atom stereocenters. The van der Waals surface area contributed by atoms with E-state index in [0.717, 1.165) is 0 Å². The predicted octanol–water partition coefficient (Wildman–Crippen LogP) is 1.09. The Morgan fingerprint density at radius 1 is 0.976 bits per heavy atom. The summed E-state index contributed by atoms with van der Waals surface area (Å²) in [6, 6.07) is -3.62. The van der Waals surface area contributed by atoms with Gasteiger partial charge in [-0.15, -0.1) is 6.58 Å². The highest BCUT2D eigenvalue weighted by Crippen LogP contribution is 2.27. The summed E-state index contributed by atoms with van der Waals surface area (Å²) in [6.07, 6.45) is 1.27. The van der Waals surface area contributed by atoms with Crippen LogP contribution in [0.5, 0.6) is 0 Å². The fourth-order valence-electron chi connectivity index (χ4n) is 5.53. The van der Waals surface area contributed by atoms with Gasteiger partial charge in [-0.05, 0) is 31.1 Å². The maximum Gasteiger partial charge on any atom is 0.308 e. The number of likely N-dealkylation sites (N-methyl/N-ethyl adjacent to an activating group) is 2. The number of nitrogens with zero attached hydrogens (tertiary/aromatic N) is 3. The molecule has 2 saturated heterocycles. The number of carbonyl (C=O) groups excluding carboxylic acids is 6. The molecule has 0 aromatic rings. The Bertz CT molecular complexity index is 1050. The highest BCUT2D eigenvalue weighted by atomic mass is 16.5. The summed E-state index contributed by atoms with van der Waals surface area (Å²) in [4.78, 5) is 84.6. The van der Waals surface area contributed by atoms with E-state index in [1.54, 1.807) is 6.92 Å². The third-order valence-electron chi connectivity index (χ3n) is 8.54. The van der Waals surface area contributed by atoms with Gasteiger partial charge in [0.2, 0.25) is 23.6 Å². The van der Waals surface area contributed by atoms with Crippen molar-refractivity contribution in [2.75, 3.05) is 27.2 Å². The number of hydrogen-bond acceptors (Lipinski definition) is 7. The van der Waals surface area contributed by atoms with Crippen molar-refractivity contribution < 1.29 is 33.5 Å². The van der Waals surface area contributed by atoms with E-state index in [1.165, 1.54) is 34.9 Å². The molecule has 0 spiro atoms. The topological polar surface area (TPSA) is 145 Å². The third kappa shape index (κ3) is 7.89. The molecule has 2 N–H and O–H groups in total. The molecular weight excluding hydrogens is 542 g/mol. The van der Waals surface area contributed by atoms with Crippen LogP contribution in [0.4, 0.5) is 0 Å². The van der Waals surface area contributed by atoms with Crippen molar-refractivity contribution in [2.24, 2.45) is 17.8 Å². The molecule has 2 heterocycles. The number of esters is 1. The van der Waals surface area contributed by atoms with Crippen molar-refractivity contribution in [1.82, 2.24) is 25.3 Å². The molecule has 0 aromatic carbocycles. The Kier molecular flexibility index (Phi) is 12.5. The van der Waals surface area contributed by atoms with Gasteiger partial charge >= 0.3 is 5.97 Å². The number of amides is 5. The molecule has 0 radical (unpaired) electrons. The molecule has 0 bridgehead atoms. The van der Waals surface area contributed by atoms with Gasteiger partial charge in [-0.3, -0.25) is 28.8 Å². The lowest BCUT2D eigenvalue weighted by Crippen LogP contribution is -2.61. The van der Waals surface area contributed by atoms with Crippen LogP contribution in [-0.2, 0) is 33.5 Å². The molecule has 236 valence electrons. The molecule has 0 aromatic heterocycles. The Morgan fingerprint density at radius 3 is 2.19 bits per heavy atom. The summed E-state index contributed by atoms with van der Waals surface area (Å²) in [7, 11) is 3.02. The van der Waals surface area contributed by atoms with Gasteiger partial charge in [0.1, 0.15) is 24.2 Å². The number of hydrogen-bond donors (Lipinski definition) is 2. The van der Waals surface area contributed by atoms with Crippen LogP contribution in [0.15, 0.2) is 12.7 Å². The van der Waals surface area contributed by atoms with E-state index in [1.807, 2.05) is 34.6 Å². The van der Waals surface area contributed by atoms with Gasteiger partial charge in [0.05, 0.1) is 6.42 Å². The highest BCUT2D eigenvalue weighted by molar-refractivity contribution is 5.96. The largest absolute Gasteiger partial charge is 0.452 e. The summed E-state index contributed by atoms with van der Waals surface area (Å²) >= 11 is 0. The van der Waals surface area contributed by atoms with Crippen LogP contribution in [0.3, 0.4) is 0 Å². The van der Waals surface area contributed by atoms with Crippen LogP contribution in [0.25, 0.3) is 0 Å². The first kappa shape index (κ1) is 34.8. The Hall–Kier alpha value is -3.44. The summed E-state index contributed by atoms with van der Waals surface area (Å²) in [5.74, 6) is -3.81. The lowest BCUT2D eigenvalue weighted by atomic mass is 9.94. The van der Waals surface area contributed by atoms with Gasteiger partial charge in [0.25, 0.3) is 5.91 Å². The number of rotatable bonds is 5. The quantitative estimate of drug-likeness (QED) is 0.360. The maximum atomic E-state index is 14.0. The average molecular weight is 592 g/mol.